The molecule has 2 N–H and O–H groups in total. The quantitative estimate of drug-likeness (QED) is 0.806. The summed E-state index contributed by atoms with van der Waals surface area (Å²) in [4.78, 5) is 12.0. The highest BCUT2D eigenvalue weighted by Gasteiger charge is 2.21. The van der Waals surface area contributed by atoms with Gasteiger partial charge in [0.15, 0.2) is 0 Å². The van der Waals surface area contributed by atoms with Gasteiger partial charge in [0.2, 0.25) is 0 Å². The summed E-state index contributed by atoms with van der Waals surface area (Å²) in [5, 5.41) is 20.4. The van der Waals surface area contributed by atoms with Crippen molar-refractivity contribution in [2.24, 2.45) is 0 Å². The molecular formula is C12H14O4S. The summed E-state index contributed by atoms with van der Waals surface area (Å²) in [5.74, 6) is -0.398. The first-order valence-electron chi connectivity index (χ1n) is 5.45. The maximum absolute atomic E-state index is 11.1. The van der Waals surface area contributed by atoms with Crippen LogP contribution >= 0.6 is 11.3 Å². The summed E-state index contributed by atoms with van der Waals surface area (Å²) in [7, 11) is 0. The van der Waals surface area contributed by atoms with Crippen LogP contribution in [-0.4, -0.2) is 22.3 Å². The molecule has 2 rings (SSSR count). The van der Waals surface area contributed by atoms with E-state index in [1.165, 1.54) is 11.3 Å². The third-order valence-electron chi connectivity index (χ3n) is 2.72. The SMILES string of the molecule is O=C1C=C(O)CC(CCc2ccsc2CO)O1. The molecule has 0 saturated carbocycles. The van der Waals surface area contributed by atoms with Gasteiger partial charge in [-0.15, -0.1) is 11.3 Å². The van der Waals surface area contributed by atoms with E-state index in [-0.39, 0.29) is 18.5 Å². The van der Waals surface area contributed by atoms with Gasteiger partial charge in [-0.1, -0.05) is 0 Å². The summed E-state index contributed by atoms with van der Waals surface area (Å²) in [6, 6.07) is 1.97. The van der Waals surface area contributed by atoms with Gasteiger partial charge < -0.3 is 14.9 Å². The molecular weight excluding hydrogens is 240 g/mol. The molecule has 4 nitrogen and oxygen atoms in total. The van der Waals surface area contributed by atoms with Crippen molar-refractivity contribution in [3.63, 3.8) is 0 Å². The molecule has 92 valence electrons. The van der Waals surface area contributed by atoms with Gasteiger partial charge >= 0.3 is 5.97 Å². The normalized spacial score (nSPS) is 19.9. The molecule has 2 heterocycles. The van der Waals surface area contributed by atoms with Crippen LogP contribution in [0.5, 0.6) is 0 Å². The fourth-order valence-electron chi connectivity index (χ4n) is 1.87. The minimum atomic E-state index is -0.480. The number of esters is 1. The number of hydrogen-bond donors (Lipinski definition) is 2. The minimum absolute atomic E-state index is 0.0443. The molecule has 1 aromatic heterocycles. The Morgan fingerprint density at radius 3 is 3.06 bits per heavy atom. The average molecular weight is 254 g/mol. The maximum Gasteiger partial charge on any atom is 0.334 e. The molecule has 0 aromatic carbocycles. The van der Waals surface area contributed by atoms with E-state index in [1.54, 1.807) is 0 Å². The second-order valence-corrected chi connectivity index (χ2v) is 4.97. The number of rotatable bonds is 4. The number of cyclic esters (lactones) is 1. The van der Waals surface area contributed by atoms with E-state index in [2.05, 4.69) is 0 Å². The molecule has 0 spiro atoms. The molecule has 0 saturated heterocycles. The molecule has 5 heteroatoms. The predicted octanol–water partition coefficient (Wildman–Crippen LogP) is 1.93. The lowest BCUT2D eigenvalue weighted by Gasteiger charge is -2.20. The van der Waals surface area contributed by atoms with Gasteiger partial charge in [-0.25, -0.2) is 4.79 Å². The number of thiophene rings is 1. The molecule has 1 aromatic rings. The Morgan fingerprint density at radius 2 is 2.35 bits per heavy atom. The van der Waals surface area contributed by atoms with Crippen LogP contribution in [0, 0.1) is 0 Å². The standard InChI is InChI=1S/C12H14O4S/c13-7-11-8(3-4-17-11)1-2-10-5-9(14)6-12(15)16-10/h3-4,6,10,13-14H,1-2,5,7H2. The zero-order valence-electron chi connectivity index (χ0n) is 9.26. The van der Waals surface area contributed by atoms with Crippen LogP contribution in [0.4, 0.5) is 0 Å². The van der Waals surface area contributed by atoms with E-state index < -0.39 is 5.97 Å². The average Bonchev–Trinajstić information content (AvgIpc) is 2.72. The monoisotopic (exact) mass is 254 g/mol. The number of hydrogen-bond acceptors (Lipinski definition) is 5. The van der Waals surface area contributed by atoms with Crippen LogP contribution in [-0.2, 0) is 22.6 Å². The summed E-state index contributed by atoms with van der Waals surface area (Å²) in [6.45, 7) is 0.0443. The Kier molecular flexibility index (Phi) is 3.81. The van der Waals surface area contributed by atoms with E-state index in [4.69, 9.17) is 9.84 Å². The first kappa shape index (κ1) is 12.1. The Labute approximate surface area is 103 Å². The van der Waals surface area contributed by atoms with Gasteiger partial charge in [0.05, 0.1) is 12.7 Å². The van der Waals surface area contributed by atoms with Crippen molar-refractivity contribution in [1.29, 1.82) is 0 Å². The van der Waals surface area contributed by atoms with Crippen LogP contribution < -0.4 is 0 Å². The van der Waals surface area contributed by atoms with Gasteiger partial charge in [-0.05, 0) is 29.9 Å². The maximum atomic E-state index is 11.1. The number of carbonyl (C=O) groups is 1. The van der Waals surface area contributed by atoms with Gasteiger partial charge in [0.25, 0.3) is 0 Å². The van der Waals surface area contributed by atoms with Crippen molar-refractivity contribution >= 4 is 17.3 Å². The van der Waals surface area contributed by atoms with Crippen molar-refractivity contribution in [2.75, 3.05) is 0 Å². The van der Waals surface area contributed by atoms with Crippen LogP contribution in [0.25, 0.3) is 0 Å². The largest absolute Gasteiger partial charge is 0.512 e. The third-order valence-corrected chi connectivity index (χ3v) is 3.67. The highest BCUT2D eigenvalue weighted by atomic mass is 32.1. The minimum Gasteiger partial charge on any atom is -0.512 e. The molecule has 0 radical (unpaired) electrons. The van der Waals surface area contributed by atoms with Gasteiger partial charge in [0.1, 0.15) is 11.9 Å². The van der Waals surface area contributed by atoms with Crippen molar-refractivity contribution in [3.05, 3.63) is 33.7 Å². The first-order chi connectivity index (χ1) is 8.19. The van der Waals surface area contributed by atoms with Crippen molar-refractivity contribution in [2.45, 2.75) is 32.0 Å². The lowest BCUT2D eigenvalue weighted by Crippen LogP contribution is -2.23. The van der Waals surface area contributed by atoms with Crippen molar-refractivity contribution in [3.8, 4) is 0 Å². The van der Waals surface area contributed by atoms with E-state index >= 15 is 0 Å². The topological polar surface area (TPSA) is 66.8 Å². The van der Waals surface area contributed by atoms with Gasteiger partial charge in [-0.3, -0.25) is 0 Å². The predicted molar refractivity (Wildman–Crippen MR) is 63.8 cm³/mol. The number of ether oxygens (including phenoxy) is 1. The fourth-order valence-corrected chi connectivity index (χ4v) is 2.67. The van der Waals surface area contributed by atoms with E-state index in [9.17, 15) is 9.90 Å². The Balaban J connectivity index is 1.91. The Bertz CT molecular complexity index is 435. The van der Waals surface area contributed by atoms with Gasteiger partial charge in [0, 0.05) is 11.3 Å². The number of aliphatic hydroxyl groups excluding tert-OH is 2. The molecule has 1 aliphatic rings. The molecule has 0 bridgehead atoms. The number of aliphatic hydroxyl groups is 2. The fraction of sp³-hybridized carbons (Fsp3) is 0.417. The molecule has 0 amide bonds. The molecule has 0 aliphatic carbocycles. The van der Waals surface area contributed by atoms with E-state index in [0.29, 0.717) is 12.8 Å². The highest BCUT2D eigenvalue weighted by molar-refractivity contribution is 7.10. The molecule has 0 fully saturated rings. The van der Waals surface area contributed by atoms with Crippen LogP contribution in [0.2, 0.25) is 0 Å². The third kappa shape index (κ3) is 3.08. The summed E-state index contributed by atoms with van der Waals surface area (Å²) >= 11 is 1.52. The summed E-state index contributed by atoms with van der Waals surface area (Å²) in [5.41, 5.74) is 1.09. The summed E-state index contributed by atoms with van der Waals surface area (Å²) in [6.07, 6.45) is 2.63. The second-order valence-electron chi connectivity index (χ2n) is 3.96. The zero-order valence-corrected chi connectivity index (χ0v) is 10.1. The molecule has 1 aliphatic heterocycles. The smallest absolute Gasteiger partial charge is 0.334 e. The van der Waals surface area contributed by atoms with Gasteiger partial charge in [-0.2, -0.15) is 0 Å². The zero-order chi connectivity index (χ0) is 12.3. The van der Waals surface area contributed by atoms with Crippen LogP contribution in [0.3, 0.4) is 0 Å². The first-order valence-corrected chi connectivity index (χ1v) is 6.33. The highest BCUT2D eigenvalue weighted by Crippen LogP contribution is 2.22. The lowest BCUT2D eigenvalue weighted by atomic mass is 10.0. The Morgan fingerprint density at radius 1 is 1.53 bits per heavy atom. The van der Waals surface area contributed by atoms with Crippen LogP contribution in [0.15, 0.2) is 23.3 Å². The van der Waals surface area contributed by atoms with Crippen LogP contribution in [0.1, 0.15) is 23.3 Å². The van der Waals surface area contributed by atoms with E-state index in [0.717, 1.165) is 22.9 Å². The second kappa shape index (κ2) is 5.33. The number of carbonyl (C=O) groups excluding carboxylic acids is 1. The molecule has 1 unspecified atom stereocenters. The summed E-state index contributed by atoms with van der Waals surface area (Å²) < 4.78 is 5.09. The lowest BCUT2D eigenvalue weighted by molar-refractivity contribution is -0.145. The van der Waals surface area contributed by atoms with Crippen molar-refractivity contribution < 1.29 is 19.7 Å². The Hall–Kier alpha value is -1.33. The van der Waals surface area contributed by atoms with Crippen molar-refractivity contribution in [1.82, 2.24) is 0 Å². The molecule has 1 atom stereocenters. The number of aryl methyl sites for hydroxylation is 1. The molecule has 17 heavy (non-hydrogen) atoms. The van der Waals surface area contributed by atoms with E-state index in [1.807, 2.05) is 11.4 Å².